The minimum absolute atomic E-state index is 0.0714. The van der Waals surface area contributed by atoms with Gasteiger partial charge < -0.3 is 5.32 Å². The highest BCUT2D eigenvalue weighted by Gasteiger charge is 2.16. The van der Waals surface area contributed by atoms with Crippen LogP contribution < -0.4 is 5.32 Å². The van der Waals surface area contributed by atoms with Gasteiger partial charge in [-0.3, -0.25) is 0 Å². The molecule has 6 nitrogen and oxygen atoms in total. The lowest BCUT2D eigenvalue weighted by molar-refractivity contribution is 0.520. The zero-order valence-electron chi connectivity index (χ0n) is 14.4. The zero-order valence-corrected chi connectivity index (χ0v) is 16.1. The minimum atomic E-state index is -3.43. The van der Waals surface area contributed by atoms with Gasteiger partial charge >= 0.3 is 0 Å². The molecule has 0 aliphatic rings. The summed E-state index contributed by atoms with van der Waals surface area (Å²) in [6, 6.07) is 13.2. The number of rotatable bonds is 7. The second kappa shape index (κ2) is 7.55. The number of nitrogens with zero attached hydrogens (tertiary/aromatic N) is 1. The molecule has 0 amide bonds. The predicted molar refractivity (Wildman–Crippen MR) is 98.8 cm³/mol. The first-order chi connectivity index (χ1) is 11.7. The Balaban J connectivity index is 2.05. The fourth-order valence-electron chi connectivity index (χ4n) is 2.14. The molecule has 2 aromatic rings. The number of anilines is 1. The van der Waals surface area contributed by atoms with Gasteiger partial charge in [0.25, 0.3) is 0 Å². The Labute approximate surface area is 149 Å². The standard InChI is InChI=1S/C17H22N2O4S2/c1-4-24(20,21)16-11-7-15(8-12-16)18-13-14-5-9-17(10-6-14)25(22,23)19(2)3/h5-12,18H,4,13H2,1-3H3. The van der Waals surface area contributed by atoms with Crippen LogP contribution in [-0.4, -0.2) is 41.0 Å². The summed E-state index contributed by atoms with van der Waals surface area (Å²) in [4.78, 5) is 0.550. The largest absolute Gasteiger partial charge is 0.381 e. The van der Waals surface area contributed by atoms with Gasteiger partial charge in [0.15, 0.2) is 9.84 Å². The summed E-state index contributed by atoms with van der Waals surface area (Å²) in [6.45, 7) is 2.11. The Morgan fingerprint density at radius 2 is 1.36 bits per heavy atom. The van der Waals surface area contributed by atoms with Crippen molar-refractivity contribution in [1.29, 1.82) is 0 Å². The number of nitrogens with one attached hydrogen (secondary N) is 1. The van der Waals surface area contributed by atoms with Crippen LogP contribution in [0.5, 0.6) is 0 Å². The summed E-state index contributed by atoms with van der Waals surface area (Å²) < 4.78 is 48.8. The summed E-state index contributed by atoms with van der Waals surface area (Å²) in [5, 5.41) is 3.18. The first kappa shape index (κ1) is 19.4. The third-order valence-corrected chi connectivity index (χ3v) is 7.37. The van der Waals surface area contributed by atoms with E-state index in [2.05, 4.69) is 5.32 Å². The molecule has 0 aliphatic carbocycles. The second-order valence-corrected chi connectivity index (χ2v) is 10.1. The zero-order chi connectivity index (χ0) is 18.7. The Hall–Kier alpha value is -1.90. The van der Waals surface area contributed by atoms with Crippen LogP contribution in [0.1, 0.15) is 12.5 Å². The van der Waals surface area contributed by atoms with Crippen LogP contribution in [0, 0.1) is 0 Å². The van der Waals surface area contributed by atoms with Crippen molar-refractivity contribution in [2.45, 2.75) is 23.3 Å². The van der Waals surface area contributed by atoms with E-state index in [-0.39, 0.29) is 10.6 Å². The van der Waals surface area contributed by atoms with Crippen molar-refractivity contribution in [1.82, 2.24) is 4.31 Å². The summed E-state index contributed by atoms with van der Waals surface area (Å²) >= 11 is 0. The Kier molecular flexibility index (Phi) is 5.87. The summed E-state index contributed by atoms with van der Waals surface area (Å²) in [6.07, 6.45) is 0. The lowest BCUT2D eigenvalue weighted by Crippen LogP contribution is -2.22. The van der Waals surface area contributed by atoms with Crippen LogP contribution in [0.25, 0.3) is 0 Å². The molecule has 0 aliphatic heterocycles. The molecule has 0 saturated carbocycles. The maximum atomic E-state index is 12.0. The van der Waals surface area contributed by atoms with Crippen molar-refractivity contribution < 1.29 is 16.8 Å². The highest BCUT2D eigenvalue weighted by Crippen LogP contribution is 2.17. The molecule has 0 atom stereocenters. The van der Waals surface area contributed by atoms with Gasteiger partial charge in [-0.05, 0) is 42.0 Å². The van der Waals surface area contributed by atoms with Crippen LogP contribution in [0.2, 0.25) is 0 Å². The lowest BCUT2D eigenvalue weighted by Gasteiger charge is -2.12. The van der Waals surface area contributed by atoms with Gasteiger partial charge in [-0.1, -0.05) is 19.1 Å². The van der Waals surface area contributed by atoms with Crippen molar-refractivity contribution in [2.24, 2.45) is 0 Å². The Morgan fingerprint density at radius 1 is 0.840 bits per heavy atom. The maximum absolute atomic E-state index is 12.0. The topological polar surface area (TPSA) is 83.5 Å². The van der Waals surface area contributed by atoms with Crippen LogP contribution in [0.3, 0.4) is 0 Å². The molecule has 2 rings (SSSR count). The van der Waals surface area contributed by atoms with E-state index in [1.54, 1.807) is 55.5 Å². The normalized spacial score (nSPS) is 12.3. The number of sulfonamides is 1. The quantitative estimate of drug-likeness (QED) is 0.795. The van der Waals surface area contributed by atoms with Crippen LogP contribution in [-0.2, 0) is 26.4 Å². The number of hydrogen-bond acceptors (Lipinski definition) is 5. The molecular formula is C17H22N2O4S2. The number of benzene rings is 2. The van der Waals surface area contributed by atoms with Crippen LogP contribution >= 0.6 is 0 Å². The average Bonchev–Trinajstić information content (AvgIpc) is 2.60. The molecule has 0 bridgehead atoms. The van der Waals surface area contributed by atoms with E-state index in [0.29, 0.717) is 11.4 Å². The van der Waals surface area contributed by atoms with Crippen molar-refractivity contribution >= 4 is 25.5 Å². The molecule has 25 heavy (non-hydrogen) atoms. The van der Waals surface area contributed by atoms with Crippen molar-refractivity contribution in [3.8, 4) is 0 Å². The van der Waals surface area contributed by atoms with Gasteiger partial charge in [-0.2, -0.15) is 0 Å². The van der Waals surface area contributed by atoms with Crippen molar-refractivity contribution in [3.05, 3.63) is 54.1 Å². The third-order valence-electron chi connectivity index (χ3n) is 3.79. The molecule has 136 valence electrons. The van der Waals surface area contributed by atoms with E-state index >= 15 is 0 Å². The van der Waals surface area contributed by atoms with Crippen LogP contribution in [0.15, 0.2) is 58.3 Å². The highest BCUT2D eigenvalue weighted by atomic mass is 32.2. The molecule has 0 spiro atoms. The monoisotopic (exact) mass is 382 g/mol. The van der Waals surface area contributed by atoms with E-state index in [9.17, 15) is 16.8 Å². The summed E-state index contributed by atoms with van der Waals surface area (Å²) in [5.41, 5.74) is 1.71. The molecule has 8 heteroatoms. The first-order valence-electron chi connectivity index (χ1n) is 7.75. The lowest BCUT2D eigenvalue weighted by atomic mass is 10.2. The molecule has 0 saturated heterocycles. The van der Waals surface area contributed by atoms with E-state index in [4.69, 9.17) is 0 Å². The first-order valence-corrected chi connectivity index (χ1v) is 10.8. The van der Waals surface area contributed by atoms with Crippen molar-refractivity contribution in [3.63, 3.8) is 0 Å². The van der Waals surface area contributed by atoms with E-state index in [1.807, 2.05) is 0 Å². The van der Waals surface area contributed by atoms with Crippen molar-refractivity contribution in [2.75, 3.05) is 25.2 Å². The van der Waals surface area contributed by atoms with E-state index < -0.39 is 19.9 Å². The number of sulfone groups is 1. The smallest absolute Gasteiger partial charge is 0.242 e. The van der Waals surface area contributed by atoms with Gasteiger partial charge in [0.05, 0.1) is 15.5 Å². The van der Waals surface area contributed by atoms with Gasteiger partial charge in [0, 0.05) is 26.3 Å². The minimum Gasteiger partial charge on any atom is -0.381 e. The molecule has 0 heterocycles. The average molecular weight is 383 g/mol. The molecule has 0 radical (unpaired) electrons. The summed E-state index contributed by atoms with van der Waals surface area (Å²) in [7, 11) is -3.64. The highest BCUT2D eigenvalue weighted by molar-refractivity contribution is 7.91. The molecule has 1 N–H and O–H groups in total. The number of hydrogen-bond donors (Lipinski definition) is 1. The van der Waals surface area contributed by atoms with E-state index in [0.717, 1.165) is 11.3 Å². The molecule has 0 aromatic heterocycles. The second-order valence-electron chi connectivity index (χ2n) is 5.71. The van der Waals surface area contributed by atoms with E-state index in [1.165, 1.54) is 18.4 Å². The third kappa shape index (κ3) is 4.59. The van der Waals surface area contributed by atoms with Gasteiger partial charge in [0.2, 0.25) is 10.0 Å². The van der Waals surface area contributed by atoms with Crippen LogP contribution in [0.4, 0.5) is 5.69 Å². The van der Waals surface area contributed by atoms with Gasteiger partial charge in [0.1, 0.15) is 0 Å². The fraction of sp³-hybridized carbons (Fsp3) is 0.294. The van der Waals surface area contributed by atoms with Gasteiger partial charge in [-0.15, -0.1) is 0 Å². The summed E-state index contributed by atoms with van der Waals surface area (Å²) in [5.74, 6) is 0.0714. The maximum Gasteiger partial charge on any atom is 0.242 e. The predicted octanol–water partition coefficient (Wildman–Crippen LogP) is 2.34. The fourth-order valence-corrected chi connectivity index (χ4v) is 3.93. The Bertz CT molecular complexity index is 918. The Morgan fingerprint density at radius 3 is 1.84 bits per heavy atom. The molecular weight excluding hydrogens is 360 g/mol. The van der Waals surface area contributed by atoms with Gasteiger partial charge in [-0.25, -0.2) is 21.1 Å². The molecule has 0 fully saturated rings. The molecule has 2 aromatic carbocycles. The SMILES string of the molecule is CCS(=O)(=O)c1ccc(NCc2ccc(S(=O)(=O)N(C)C)cc2)cc1. The molecule has 0 unspecified atom stereocenters.